The fourth-order valence-corrected chi connectivity index (χ4v) is 2.03. The van der Waals surface area contributed by atoms with E-state index in [1.165, 1.54) is 5.56 Å². The van der Waals surface area contributed by atoms with Gasteiger partial charge >= 0.3 is 5.97 Å². The first-order chi connectivity index (χ1) is 9.12. The van der Waals surface area contributed by atoms with Gasteiger partial charge in [-0.3, -0.25) is 10.1 Å². The van der Waals surface area contributed by atoms with Crippen LogP contribution in [-0.4, -0.2) is 28.3 Å². The van der Waals surface area contributed by atoms with Crippen molar-refractivity contribution in [2.24, 2.45) is 0 Å². The van der Waals surface area contributed by atoms with Gasteiger partial charge in [-0.15, -0.1) is 0 Å². The van der Waals surface area contributed by atoms with Gasteiger partial charge in [0.15, 0.2) is 0 Å². The molecule has 0 aliphatic heterocycles. The van der Waals surface area contributed by atoms with Gasteiger partial charge < -0.3 is 10.2 Å². The van der Waals surface area contributed by atoms with Gasteiger partial charge in [0, 0.05) is 6.04 Å². The van der Waals surface area contributed by atoms with Crippen LogP contribution in [0.25, 0.3) is 0 Å². The molecular formula is C16H25NO3. The lowest BCUT2D eigenvalue weighted by atomic mass is 9.86. The van der Waals surface area contributed by atoms with E-state index in [4.69, 9.17) is 5.11 Å². The first-order valence-electron chi connectivity index (χ1n) is 6.90. The second kappa shape index (κ2) is 6.37. The quantitative estimate of drug-likeness (QED) is 0.774. The highest BCUT2D eigenvalue weighted by atomic mass is 16.4. The summed E-state index contributed by atoms with van der Waals surface area (Å²) in [6.45, 7) is 9.75. The zero-order valence-corrected chi connectivity index (χ0v) is 12.8. The zero-order valence-electron chi connectivity index (χ0n) is 12.8. The molecule has 1 aromatic rings. The van der Waals surface area contributed by atoms with Crippen molar-refractivity contribution in [2.75, 3.05) is 0 Å². The van der Waals surface area contributed by atoms with E-state index >= 15 is 0 Å². The summed E-state index contributed by atoms with van der Waals surface area (Å²) in [5.41, 5.74) is 2.06. The minimum absolute atomic E-state index is 0.0746. The molecule has 4 heteroatoms. The van der Waals surface area contributed by atoms with Gasteiger partial charge in [-0.25, -0.2) is 0 Å². The number of carbonyl (C=O) groups is 1. The van der Waals surface area contributed by atoms with Crippen LogP contribution in [0, 0.1) is 0 Å². The summed E-state index contributed by atoms with van der Waals surface area (Å²) in [4.78, 5) is 10.8. The first-order valence-corrected chi connectivity index (χ1v) is 6.90. The number of hydrogen-bond acceptors (Lipinski definition) is 3. The van der Waals surface area contributed by atoms with Crippen LogP contribution in [-0.2, 0) is 10.2 Å². The average molecular weight is 279 g/mol. The molecule has 0 radical (unpaired) electrons. The molecule has 0 fully saturated rings. The highest BCUT2D eigenvalue weighted by Gasteiger charge is 2.21. The molecule has 3 atom stereocenters. The maximum atomic E-state index is 10.8. The van der Waals surface area contributed by atoms with Gasteiger partial charge in [0.05, 0.1) is 6.10 Å². The van der Waals surface area contributed by atoms with E-state index in [-0.39, 0.29) is 11.5 Å². The van der Waals surface area contributed by atoms with Crippen molar-refractivity contribution in [3.8, 4) is 0 Å². The van der Waals surface area contributed by atoms with Crippen LogP contribution in [0.5, 0.6) is 0 Å². The lowest BCUT2D eigenvalue weighted by molar-refractivity contribution is -0.139. The summed E-state index contributed by atoms with van der Waals surface area (Å²) >= 11 is 0. The summed E-state index contributed by atoms with van der Waals surface area (Å²) in [5, 5.41) is 22.0. The van der Waals surface area contributed by atoms with Gasteiger partial charge in [-0.05, 0) is 30.4 Å². The molecule has 0 aliphatic carbocycles. The molecule has 1 rings (SSSR count). The third kappa shape index (κ3) is 4.32. The van der Waals surface area contributed by atoms with Gasteiger partial charge in [0.25, 0.3) is 0 Å². The van der Waals surface area contributed by atoms with Crippen LogP contribution in [0.4, 0.5) is 0 Å². The number of carboxylic acid groups (broad SMARTS) is 1. The third-order valence-electron chi connectivity index (χ3n) is 3.48. The van der Waals surface area contributed by atoms with Crippen LogP contribution >= 0.6 is 0 Å². The van der Waals surface area contributed by atoms with Crippen molar-refractivity contribution in [3.05, 3.63) is 35.4 Å². The molecule has 4 nitrogen and oxygen atoms in total. The fraction of sp³-hybridized carbons (Fsp3) is 0.562. The molecule has 1 aromatic carbocycles. The molecule has 0 aromatic heterocycles. The van der Waals surface area contributed by atoms with E-state index in [0.717, 1.165) is 5.56 Å². The molecule has 3 unspecified atom stereocenters. The number of aliphatic hydroxyl groups is 1. The van der Waals surface area contributed by atoms with E-state index in [1.54, 1.807) is 13.8 Å². The summed E-state index contributed by atoms with van der Waals surface area (Å²) in [5.74, 6) is -0.924. The van der Waals surface area contributed by atoms with Crippen LogP contribution in [0.3, 0.4) is 0 Å². The number of aliphatic carboxylic acids is 1. The maximum Gasteiger partial charge on any atom is 0.320 e. The summed E-state index contributed by atoms with van der Waals surface area (Å²) in [7, 11) is 0. The SMILES string of the molecule is CC(NC(C)C(O)c1ccc(C(C)(C)C)cc1)C(=O)O. The van der Waals surface area contributed by atoms with Crippen LogP contribution in [0.15, 0.2) is 24.3 Å². The highest BCUT2D eigenvalue weighted by molar-refractivity contribution is 5.72. The van der Waals surface area contributed by atoms with Crippen molar-refractivity contribution < 1.29 is 15.0 Å². The highest BCUT2D eigenvalue weighted by Crippen LogP contribution is 2.25. The molecular weight excluding hydrogens is 254 g/mol. The van der Waals surface area contributed by atoms with Crippen molar-refractivity contribution in [2.45, 2.75) is 58.2 Å². The molecule has 0 bridgehead atoms. The summed E-state index contributed by atoms with van der Waals surface area (Å²) < 4.78 is 0. The Balaban J connectivity index is 2.77. The smallest absolute Gasteiger partial charge is 0.320 e. The fourth-order valence-electron chi connectivity index (χ4n) is 2.03. The van der Waals surface area contributed by atoms with Crippen molar-refractivity contribution in [1.82, 2.24) is 5.32 Å². The lowest BCUT2D eigenvalue weighted by Crippen LogP contribution is -2.42. The van der Waals surface area contributed by atoms with E-state index in [1.807, 2.05) is 24.3 Å². The molecule has 0 saturated heterocycles. The minimum Gasteiger partial charge on any atom is -0.480 e. The Hall–Kier alpha value is -1.39. The molecule has 0 spiro atoms. The Morgan fingerprint density at radius 2 is 1.65 bits per heavy atom. The predicted octanol–water partition coefficient (Wildman–Crippen LogP) is 2.47. The lowest BCUT2D eigenvalue weighted by Gasteiger charge is -2.24. The van der Waals surface area contributed by atoms with Gasteiger partial charge in [0.2, 0.25) is 0 Å². The van der Waals surface area contributed by atoms with Crippen molar-refractivity contribution in [1.29, 1.82) is 0 Å². The molecule has 0 saturated carbocycles. The maximum absolute atomic E-state index is 10.8. The minimum atomic E-state index is -0.924. The zero-order chi connectivity index (χ0) is 15.5. The van der Waals surface area contributed by atoms with E-state index in [9.17, 15) is 9.90 Å². The number of rotatable bonds is 5. The molecule has 0 amide bonds. The third-order valence-corrected chi connectivity index (χ3v) is 3.48. The van der Waals surface area contributed by atoms with Crippen LogP contribution < -0.4 is 5.32 Å². The molecule has 3 N–H and O–H groups in total. The van der Waals surface area contributed by atoms with Crippen molar-refractivity contribution in [3.63, 3.8) is 0 Å². The Labute approximate surface area is 120 Å². The largest absolute Gasteiger partial charge is 0.480 e. The van der Waals surface area contributed by atoms with E-state index < -0.39 is 18.1 Å². The second-order valence-electron chi connectivity index (χ2n) is 6.33. The van der Waals surface area contributed by atoms with Gasteiger partial charge in [-0.1, -0.05) is 45.0 Å². The number of hydrogen-bond donors (Lipinski definition) is 3. The Kier molecular flexibility index (Phi) is 5.31. The molecule has 112 valence electrons. The van der Waals surface area contributed by atoms with Gasteiger partial charge in [-0.2, -0.15) is 0 Å². The molecule has 0 heterocycles. The molecule has 0 aliphatic rings. The monoisotopic (exact) mass is 279 g/mol. The molecule has 20 heavy (non-hydrogen) atoms. The summed E-state index contributed by atoms with van der Waals surface area (Å²) in [6, 6.07) is 6.79. The number of aliphatic hydroxyl groups excluding tert-OH is 1. The number of benzene rings is 1. The standard InChI is InChI=1S/C16H25NO3/c1-10(17-11(2)15(19)20)14(18)12-6-8-13(9-7-12)16(3,4)5/h6-11,14,17-18H,1-5H3,(H,19,20). The van der Waals surface area contributed by atoms with Crippen LogP contribution in [0.2, 0.25) is 0 Å². The Bertz CT molecular complexity index is 448. The Morgan fingerprint density at radius 1 is 1.15 bits per heavy atom. The number of nitrogens with one attached hydrogen (secondary N) is 1. The first kappa shape index (κ1) is 16.7. The normalized spacial score (nSPS) is 16.5. The predicted molar refractivity (Wildman–Crippen MR) is 79.8 cm³/mol. The van der Waals surface area contributed by atoms with E-state index in [2.05, 4.69) is 26.1 Å². The van der Waals surface area contributed by atoms with Crippen LogP contribution in [0.1, 0.15) is 51.8 Å². The number of carboxylic acids is 1. The summed E-state index contributed by atoms with van der Waals surface area (Å²) in [6.07, 6.45) is -0.731. The topological polar surface area (TPSA) is 69.6 Å². The van der Waals surface area contributed by atoms with Crippen molar-refractivity contribution >= 4 is 5.97 Å². The second-order valence-corrected chi connectivity index (χ2v) is 6.33. The average Bonchev–Trinajstić information content (AvgIpc) is 2.36. The van der Waals surface area contributed by atoms with E-state index in [0.29, 0.717) is 0 Å². The van der Waals surface area contributed by atoms with Gasteiger partial charge in [0.1, 0.15) is 6.04 Å². The Morgan fingerprint density at radius 3 is 2.05 bits per heavy atom.